The predicted molar refractivity (Wildman–Crippen MR) is 104 cm³/mol. The van der Waals surface area contributed by atoms with Crippen molar-refractivity contribution in [3.05, 3.63) is 53.6 Å². The van der Waals surface area contributed by atoms with Crippen LogP contribution in [-0.4, -0.2) is 32.8 Å². The zero-order chi connectivity index (χ0) is 21.3. The average Bonchev–Trinajstić information content (AvgIpc) is 2.69. The van der Waals surface area contributed by atoms with Crippen LogP contribution in [0.2, 0.25) is 0 Å². The van der Waals surface area contributed by atoms with Gasteiger partial charge in [-0.3, -0.25) is 4.79 Å². The molecule has 0 fully saturated rings. The minimum absolute atomic E-state index is 0.0656. The zero-order valence-electron chi connectivity index (χ0n) is 16.3. The molecule has 2 aromatic rings. The Morgan fingerprint density at radius 3 is 2.34 bits per heavy atom. The van der Waals surface area contributed by atoms with Crippen LogP contribution in [-0.2, 0) is 10.9 Å². The quantitative estimate of drug-likeness (QED) is 0.549. The number of amides is 1. The predicted octanol–water partition coefficient (Wildman–Crippen LogP) is 5.16. The molecule has 8 heteroatoms. The van der Waals surface area contributed by atoms with Crippen molar-refractivity contribution in [3.8, 4) is 11.5 Å². The second-order valence-electron chi connectivity index (χ2n) is 6.23. The van der Waals surface area contributed by atoms with Crippen molar-refractivity contribution in [1.82, 2.24) is 0 Å². The highest BCUT2D eigenvalue weighted by Gasteiger charge is 2.31. The lowest BCUT2D eigenvalue weighted by atomic mass is 10.1. The lowest BCUT2D eigenvalue weighted by molar-refractivity contribution is -0.137. The molecule has 0 aliphatic rings. The van der Waals surface area contributed by atoms with E-state index in [2.05, 4.69) is 12.2 Å². The molecule has 0 saturated carbocycles. The van der Waals surface area contributed by atoms with Gasteiger partial charge in [-0.1, -0.05) is 13.3 Å². The van der Waals surface area contributed by atoms with Crippen LogP contribution in [0, 0.1) is 0 Å². The van der Waals surface area contributed by atoms with E-state index in [4.69, 9.17) is 14.2 Å². The van der Waals surface area contributed by atoms with Gasteiger partial charge in [0, 0.05) is 12.7 Å². The van der Waals surface area contributed by atoms with E-state index in [9.17, 15) is 18.0 Å². The van der Waals surface area contributed by atoms with Crippen molar-refractivity contribution in [3.63, 3.8) is 0 Å². The molecule has 1 N–H and O–H groups in total. The summed E-state index contributed by atoms with van der Waals surface area (Å²) in [5.41, 5.74) is -0.663. The van der Waals surface area contributed by atoms with Crippen molar-refractivity contribution in [2.45, 2.75) is 25.9 Å². The van der Waals surface area contributed by atoms with Crippen LogP contribution in [0.15, 0.2) is 42.5 Å². The van der Waals surface area contributed by atoms with Gasteiger partial charge in [-0.05, 0) is 48.9 Å². The fourth-order valence-electron chi connectivity index (χ4n) is 2.40. The number of hydrogen-bond donors (Lipinski definition) is 1. The van der Waals surface area contributed by atoms with E-state index in [1.807, 2.05) is 0 Å². The fraction of sp³-hybridized carbons (Fsp3) is 0.381. The standard InChI is InChI=1S/C21H24F3NO4/c1-3-4-11-28-17-8-5-15(6-9-17)20(26)25-18-14-16(21(22,23)24)7-10-19(18)29-13-12-27-2/h5-10,14H,3-4,11-13H2,1-2H3,(H,25,26). The third kappa shape index (κ3) is 6.98. The molecule has 29 heavy (non-hydrogen) atoms. The lowest BCUT2D eigenvalue weighted by Gasteiger charge is -2.15. The van der Waals surface area contributed by atoms with Crippen LogP contribution < -0.4 is 14.8 Å². The van der Waals surface area contributed by atoms with Gasteiger partial charge >= 0.3 is 6.18 Å². The smallest absolute Gasteiger partial charge is 0.416 e. The van der Waals surface area contributed by atoms with Crippen LogP contribution in [0.1, 0.15) is 35.7 Å². The van der Waals surface area contributed by atoms with Crippen LogP contribution in [0.25, 0.3) is 0 Å². The number of hydrogen-bond acceptors (Lipinski definition) is 4. The third-order valence-corrected chi connectivity index (χ3v) is 3.98. The van der Waals surface area contributed by atoms with Crippen molar-refractivity contribution >= 4 is 11.6 Å². The Hall–Kier alpha value is -2.74. The molecule has 0 aliphatic carbocycles. The van der Waals surface area contributed by atoms with E-state index < -0.39 is 17.6 Å². The highest BCUT2D eigenvalue weighted by atomic mass is 19.4. The molecule has 1 amide bonds. The number of ether oxygens (including phenoxy) is 3. The number of rotatable bonds is 10. The molecule has 0 aromatic heterocycles. The summed E-state index contributed by atoms with van der Waals surface area (Å²) in [7, 11) is 1.48. The number of anilines is 1. The molecule has 0 radical (unpaired) electrons. The molecule has 0 bridgehead atoms. The van der Waals surface area contributed by atoms with Crippen molar-refractivity contribution in [1.29, 1.82) is 0 Å². The molecular weight excluding hydrogens is 387 g/mol. The molecule has 0 atom stereocenters. The zero-order valence-corrected chi connectivity index (χ0v) is 16.3. The summed E-state index contributed by atoms with van der Waals surface area (Å²) in [6, 6.07) is 9.33. The molecule has 0 spiro atoms. The Balaban J connectivity index is 2.15. The number of nitrogens with one attached hydrogen (secondary N) is 1. The normalized spacial score (nSPS) is 11.2. The summed E-state index contributed by atoms with van der Waals surface area (Å²) in [6.07, 6.45) is -2.61. The Morgan fingerprint density at radius 1 is 1.00 bits per heavy atom. The van der Waals surface area contributed by atoms with Gasteiger partial charge < -0.3 is 19.5 Å². The van der Waals surface area contributed by atoms with Gasteiger partial charge in [0.15, 0.2) is 0 Å². The van der Waals surface area contributed by atoms with Gasteiger partial charge in [-0.25, -0.2) is 0 Å². The molecule has 0 unspecified atom stereocenters. The summed E-state index contributed by atoms with van der Waals surface area (Å²) >= 11 is 0. The highest BCUT2D eigenvalue weighted by Crippen LogP contribution is 2.35. The van der Waals surface area contributed by atoms with Crippen molar-refractivity contribution in [2.75, 3.05) is 32.2 Å². The van der Waals surface area contributed by atoms with E-state index in [-0.39, 0.29) is 30.2 Å². The third-order valence-electron chi connectivity index (χ3n) is 3.98. The van der Waals surface area contributed by atoms with Crippen LogP contribution >= 0.6 is 0 Å². The van der Waals surface area contributed by atoms with Gasteiger partial charge in [0.2, 0.25) is 0 Å². The Morgan fingerprint density at radius 2 is 1.72 bits per heavy atom. The Kier molecular flexibility index (Phi) is 8.33. The first-order valence-electron chi connectivity index (χ1n) is 9.22. The van der Waals surface area contributed by atoms with Crippen LogP contribution in [0.3, 0.4) is 0 Å². The Bertz CT molecular complexity index is 792. The second-order valence-corrected chi connectivity index (χ2v) is 6.23. The van der Waals surface area contributed by atoms with Gasteiger partial charge in [-0.2, -0.15) is 13.2 Å². The molecule has 0 aliphatic heterocycles. The maximum Gasteiger partial charge on any atom is 0.416 e. The number of unbranched alkanes of at least 4 members (excludes halogenated alkanes) is 1. The molecule has 0 heterocycles. The summed E-state index contributed by atoms with van der Waals surface area (Å²) in [5.74, 6) is 0.196. The SMILES string of the molecule is CCCCOc1ccc(C(=O)Nc2cc(C(F)(F)F)ccc2OCCOC)cc1. The number of carbonyl (C=O) groups is 1. The first kappa shape index (κ1) is 22.5. The first-order chi connectivity index (χ1) is 13.8. The van der Waals surface area contributed by atoms with E-state index >= 15 is 0 Å². The Labute approximate surface area is 167 Å². The van der Waals surface area contributed by atoms with Crippen LogP contribution in [0.4, 0.5) is 18.9 Å². The van der Waals surface area contributed by atoms with Crippen molar-refractivity contribution < 1.29 is 32.2 Å². The van der Waals surface area contributed by atoms with E-state index in [1.54, 1.807) is 24.3 Å². The summed E-state index contributed by atoms with van der Waals surface area (Å²) in [5, 5.41) is 2.49. The largest absolute Gasteiger partial charge is 0.494 e. The number of benzene rings is 2. The molecule has 5 nitrogen and oxygen atoms in total. The number of methoxy groups -OCH3 is 1. The minimum Gasteiger partial charge on any atom is -0.494 e. The number of halogens is 3. The van der Waals surface area contributed by atoms with E-state index in [0.717, 1.165) is 25.0 Å². The highest BCUT2D eigenvalue weighted by molar-refractivity contribution is 6.05. The number of alkyl halides is 3. The van der Waals surface area contributed by atoms with Crippen molar-refractivity contribution in [2.24, 2.45) is 0 Å². The molecule has 2 aromatic carbocycles. The summed E-state index contributed by atoms with van der Waals surface area (Å²) < 4.78 is 55.0. The second kappa shape index (κ2) is 10.7. The van der Waals surface area contributed by atoms with E-state index in [0.29, 0.717) is 12.4 Å². The molecule has 2 rings (SSSR count). The maximum absolute atomic E-state index is 13.1. The average molecular weight is 411 g/mol. The van der Waals surface area contributed by atoms with Gasteiger partial charge in [0.25, 0.3) is 5.91 Å². The number of carbonyl (C=O) groups excluding carboxylic acids is 1. The maximum atomic E-state index is 13.1. The van der Waals surface area contributed by atoms with Gasteiger partial charge in [0.05, 0.1) is 24.5 Å². The minimum atomic E-state index is -4.54. The van der Waals surface area contributed by atoms with Gasteiger partial charge in [-0.15, -0.1) is 0 Å². The monoisotopic (exact) mass is 411 g/mol. The molecule has 0 saturated heterocycles. The van der Waals surface area contributed by atoms with Gasteiger partial charge in [0.1, 0.15) is 18.1 Å². The van der Waals surface area contributed by atoms with E-state index in [1.165, 1.54) is 13.2 Å². The first-order valence-corrected chi connectivity index (χ1v) is 9.22. The lowest BCUT2D eigenvalue weighted by Crippen LogP contribution is -2.15. The fourth-order valence-corrected chi connectivity index (χ4v) is 2.40. The molecule has 158 valence electrons. The topological polar surface area (TPSA) is 56.8 Å². The molecular formula is C21H24F3NO4. The summed E-state index contributed by atoms with van der Waals surface area (Å²) in [4.78, 5) is 12.5. The van der Waals surface area contributed by atoms with Crippen LogP contribution in [0.5, 0.6) is 11.5 Å². The summed E-state index contributed by atoms with van der Waals surface area (Å²) in [6.45, 7) is 3.02.